The molecule has 1 heterocycles. The first-order valence-corrected chi connectivity index (χ1v) is 5.26. The van der Waals surface area contributed by atoms with Gasteiger partial charge in [0.2, 0.25) is 0 Å². The molecule has 0 saturated heterocycles. The van der Waals surface area contributed by atoms with Gasteiger partial charge in [0, 0.05) is 12.4 Å². The molecule has 0 aliphatic heterocycles. The fourth-order valence-corrected chi connectivity index (χ4v) is 2.13. The fraction of sp³-hybridized carbons (Fsp3) is 0.500. The maximum Gasteiger partial charge on any atom is 0.0637 e. The number of hydrazine groups is 1. The van der Waals surface area contributed by atoms with Crippen LogP contribution in [0.1, 0.15) is 30.9 Å². The Hall–Kier alpha value is -0.640. The van der Waals surface area contributed by atoms with Gasteiger partial charge in [-0.3, -0.25) is 16.3 Å². The second-order valence-corrected chi connectivity index (χ2v) is 4.14. The number of hydrogen-bond donors (Lipinski definition) is 2. The van der Waals surface area contributed by atoms with Gasteiger partial charge >= 0.3 is 0 Å². The van der Waals surface area contributed by atoms with E-state index in [2.05, 4.69) is 10.4 Å². The zero-order valence-corrected chi connectivity index (χ0v) is 8.67. The lowest BCUT2D eigenvalue weighted by Crippen LogP contribution is -2.36. The summed E-state index contributed by atoms with van der Waals surface area (Å²) in [6.45, 7) is 0. The molecule has 1 aromatic rings. The van der Waals surface area contributed by atoms with E-state index in [1.54, 1.807) is 12.4 Å². The van der Waals surface area contributed by atoms with E-state index in [-0.39, 0.29) is 6.04 Å². The first-order valence-electron chi connectivity index (χ1n) is 4.88. The first kappa shape index (κ1) is 9.90. The number of nitrogens with zero attached hydrogens (tertiary/aromatic N) is 1. The van der Waals surface area contributed by atoms with E-state index < -0.39 is 0 Å². The summed E-state index contributed by atoms with van der Waals surface area (Å²) in [5.74, 6) is 6.18. The van der Waals surface area contributed by atoms with Crippen molar-refractivity contribution in [3.8, 4) is 0 Å². The molecule has 0 bridgehead atoms. The van der Waals surface area contributed by atoms with Crippen LogP contribution in [0.25, 0.3) is 0 Å². The highest BCUT2D eigenvalue weighted by molar-refractivity contribution is 6.31. The molecule has 2 rings (SSSR count). The Labute approximate surface area is 88.6 Å². The molecule has 0 amide bonds. The van der Waals surface area contributed by atoms with E-state index in [1.165, 1.54) is 19.3 Å². The number of aromatic nitrogens is 1. The third kappa shape index (κ3) is 1.75. The highest BCUT2D eigenvalue weighted by Gasteiger charge is 2.28. The molecule has 1 fully saturated rings. The van der Waals surface area contributed by atoms with Gasteiger partial charge in [0.25, 0.3) is 0 Å². The molecular weight excluding hydrogens is 198 g/mol. The van der Waals surface area contributed by atoms with E-state index in [0.717, 1.165) is 5.56 Å². The van der Waals surface area contributed by atoms with Crippen molar-refractivity contribution in [1.29, 1.82) is 0 Å². The van der Waals surface area contributed by atoms with Gasteiger partial charge < -0.3 is 0 Å². The lowest BCUT2D eigenvalue weighted by Gasteiger charge is -2.33. The standard InChI is InChI=1S/C10H14ClN3/c11-9-6-13-5-4-8(9)10(14-12)7-2-1-3-7/h4-7,10,14H,1-3,12H2. The highest BCUT2D eigenvalue weighted by atomic mass is 35.5. The van der Waals surface area contributed by atoms with E-state index in [0.29, 0.717) is 10.9 Å². The smallest absolute Gasteiger partial charge is 0.0637 e. The van der Waals surface area contributed by atoms with Crippen LogP contribution in [0.5, 0.6) is 0 Å². The molecule has 0 aromatic carbocycles. The highest BCUT2D eigenvalue weighted by Crippen LogP contribution is 2.38. The predicted molar refractivity (Wildman–Crippen MR) is 56.7 cm³/mol. The van der Waals surface area contributed by atoms with Gasteiger partial charge in [-0.25, -0.2) is 0 Å². The molecule has 14 heavy (non-hydrogen) atoms. The average Bonchev–Trinajstić information content (AvgIpc) is 2.12. The quantitative estimate of drug-likeness (QED) is 0.594. The van der Waals surface area contributed by atoms with Crippen LogP contribution in [0.4, 0.5) is 0 Å². The minimum absolute atomic E-state index is 0.180. The second-order valence-electron chi connectivity index (χ2n) is 3.73. The third-order valence-corrected chi connectivity index (χ3v) is 3.26. The average molecular weight is 212 g/mol. The molecule has 1 aliphatic carbocycles. The molecule has 1 aromatic heterocycles. The topological polar surface area (TPSA) is 50.9 Å². The molecule has 76 valence electrons. The van der Waals surface area contributed by atoms with E-state index in [9.17, 15) is 0 Å². The SMILES string of the molecule is NNC(c1ccncc1Cl)C1CCC1. The van der Waals surface area contributed by atoms with Crippen LogP contribution in [-0.4, -0.2) is 4.98 Å². The van der Waals surface area contributed by atoms with Crippen LogP contribution in [0.3, 0.4) is 0 Å². The van der Waals surface area contributed by atoms with Crippen molar-refractivity contribution in [3.63, 3.8) is 0 Å². The van der Waals surface area contributed by atoms with Crippen LogP contribution in [0.2, 0.25) is 5.02 Å². The van der Waals surface area contributed by atoms with Gasteiger partial charge in [0.05, 0.1) is 11.1 Å². The first-order chi connectivity index (χ1) is 6.83. The molecule has 3 nitrogen and oxygen atoms in total. The van der Waals surface area contributed by atoms with Crippen molar-refractivity contribution in [2.24, 2.45) is 11.8 Å². The summed E-state index contributed by atoms with van der Waals surface area (Å²) < 4.78 is 0. The monoisotopic (exact) mass is 211 g/mol. The Morgan fingerprint density at radius 2 is 2.36 bits per heavy atom. The zero-order valence-electron chi connectivity index (χ0n) is 7.91. The molecule has 4 heteroatoms. The Balaban J connectivity index is 2.22. The number of hydrogen-bond acceptors (Lipinski definition) is 3. The summed E-state index contributed by atoms with van der Waals surface area (Å²) in [5, 5.41) is 0.697. The van der Waals surface area contributed by atoms with Crippen LogP contribution in [0.15, 0.2) is 18.5 Å². The van der Waals surface area contributed by atoms with Crippen LogP contribution >= 0.6 is 11.6 Å². The van der Waals surface area contributed by atoms with Gasteiger partial charge in [-0.2, -0.15) is 0 Å². The van der Waals surface area contributed by atoms with Crippen LogP contribution < -0.4 is 11.3 Å². The summed E-state index contributed by atoms with van der Waals surface area (Å²) in [7, 11) is 0. The normalized spacial score (nSPS) is 19.0. The summed E-state index contributed by atoms with van der Waals surface area (Å²) in [4.78, 5) is 3.96. The minimum atomic E-state index is 0.180. The van der Waals surface area contributed by atoms with Crippen molar-refractivity contribution in [2.75, 3.05) is 0 Å². The zero-order chi connectivity index (χ0) is 9.97. The summed E-state index contributed by atoms with van der Waals surface area (Å²) >= 11 is 6.06. The van der Waals surface area contributed by atoms with Crippen LogP contribution in [-0.2, 0) is 0 Å². The predicted octanol–water partition coefficient (Wildman–Crippen LogP) is 2.04. The Morgan fingerprint density at radius 3 is 2.86 bits per heavy atom. The number of pyridine rings is 1. The fourth-order valence-electron chi connectivity index (χ4n) is 1.89. The lowest BCUT2D eigenvalue weighted by atomic mass is 9.77. The van der Waals surface area contributed by atoms with Gasteiger partial charge in [-0.1, -0.05) is 18.0 Å². The Kier molecular flexibility index (Phi) is 3.01. The molecule has 1 saturated carbocycles. The number of nitrogens with two attached hydrogens (primary N) is 1. The Bertz CT molecular complexity index is 312. The maximum atomic E-state index is 6.06. The molecule has 1 unspecified atom stereocenters. The summed E-state index contributed by atoms with van der Waals surface area (Å²) in [6, 6.07) is 2.12. The van der Waals surface area contributed by atoms with Crippen molar-refractivity contribution in [1.82, 2.24) is 10.4 Å². The largest absolute Gasteiger partial charge is 0.271 e. The molecule has 3 N–H and O–H groups in total. The Morgan fingerprint density at radius 1 is 1.57 bits per heavy atom. The number of halogens is 1. The summed E-state index contributed by atoms with van der Waals surface area (Å²) in [6.07, 6.45) is 7.18. The molecular formula is C10H14ClN3. The van der Waals surface area contributed by atoms with Crippen molar-refractivity contribution in [3.05, 3.63) is 29.0 Å². The van der Waals surface area contributed by atoms with Crippen molar-refractivity contribution >= 4 is 11.6 Å². The van der Waals surface area contributed by atoms with Crippen molar-refractivity contribution in [2.45, 2.75) is 25.3 Å². The number of nitrogens with one attached hydrogen (secondary N) is 1. The van der Waals surface area contributed by atoms with Gasteiger partial charge in [-0.15, -0.1) is 0 Å². The molecule has 0 radical (unpaired) electrons. The number of rotatable bonds is 3. The third-order valence-electron chi connectivity index (χ3n) is 2.94. The van der Waals surface area contributed by atoms with E-state index in [4.69, 9.17) is 17.4 Å². The lowest BCUT2D eigenvalue weighted by molar-refractivity contribution is 0.232. The van der Waals surface area contributed by atoms with Crippen molar-refractivity contribution < 1.29 is 0 Å². The molecule has 1 aliphatic rings. The van der Waals surface area contributed by atoms with E-state index in [1.807, 2.05) is 6.07 Å². The minimum Gasteiger partial charge on any atom is -0.271 e. The van der Waals surface area contributed by atoms with Gasteiger partial charge in [0.1, 0.15) is 0 Å². The summed E-state index contributed by atoms with van der Waals surface area (Å²) in [5.41, 5.74) is 3.91. The molecule has 1 atom stereocenters. The van der Waals surface area contributed by atoms with Gasteiger partial charge in [0.15, 0.2) is 0 Å². The second kappa shape index (κ2) is 4.26. The van der Waals surface area contributed by atoms with Gasteiger partial charge in [-0.05, 0) is 30.4 Å². The van der Waals surface area contributed by atoms with Crippen LogP contribution in [0, 0.1) is 5.92 Å². The maximum absolute atomic E-state index is 6.06. The molecule has 0 spiro atoms. The van der Waals surface area contributed by atoms with E-state index >= 15 is 0 Å².